The van der Waals surface area contributed by atoms with E-state index in [9.17, 15) is 9.90 Å². The van der Waals surface area contributed by atoms with E-state index in [1.807, 2.05) is 14.0 Å². The number of fused-ring (bicyclic) bond motifs is 5. The van der Waals surface area contributed by atoms with Crippen molar-refractivity contribution >= 4 is 5.78 Å². The third-order valence-electron chi connectivity index (χ3n) is 10.7. The highest BCUT2D eigenvalue weighted by Gasteiger charge is 2.63. The normalized spacial score (nSPS) is 44.7. The number of ketones is 1. The summed E-state index contributed by atoms with van der Waals surface area (Å²) in [6.45, 7) is 7.64. The SMILES string of the molecule is CCc1cnn(CC(=O)[C@H]2CC[C@H]3[C@@H]4CC[C@H]5C[C@](C)(O)CC[C@]5(COC)[C@H]4CC[C@]23C)n1. The topological polar surface area (TPSA) is 77.2 Å². The molecule has 184 valence electrons. The van der Waals surface area contributed by atoms with E-state index in [0.29, 0.717) is 36.0 Å². The van der Waals surface area contributed by atoms with E-state index in [0.717, 1.165) is 50.8 Å². The molecule has 0 saturated heterocycles. The summed E-state index contributed by atoms with van der Waals surface area (Å²) in [5.74, 6) is 2.99. The standard InChI is InChI=1S/C27H43N3O3/c1-5-19-15-28-30(29-19)16-24(31)23-9-8-21-20-7-6-18-14-25(2,32)12-13-27(18,17-33-4)22(20)10-11-26(21,23)3/h15,18,20-23,32H,5-14,16-17H2,1-4H3/t18-,20-,21-,22-,23+,25+,26-,27+/m0/s1. The molecule has 1 N–H and O–H groups in total. The highest BCUT2D eigenvalue weighted by atomic mass is 16.5. The molecule has 4 fully saturated rings. The van der Waals surface area contributed by atoms with Crippen LogP contribution in [0.1, 0.15) is 84.3 Å². The lowest BCUT2D eigenvalue weighted by atomic mass is 9.43. The predicted octanol–water partition coefficient (Wildman–Crippen LogP) is 4.45. The van der Waals surface area contributed by atoms with Crippen LogP contribution in [0.2, 0.25) is 0 Å². The lowest BCUT2D eigenvalue weighted by Crippen LogP contribution is -2.58. The van der Waals surface area contributed by atoms with Crippen LogP contribution in [-0.2, 0) is 22.5 Å². The Morgan fingerprint density at radius 3 is 2.70 bits per heavy atom. The van der Waals surface area contributed by atoms with Gasteiger partial charge in [-0.1, -0.05) is 13.8 Å². The third-order valence-corrected chi connectivity index (χ3v) is 10.7. The van der Waals surface area contributed by atoms with Crippen LogP contribution in [0.4, 0.5) is 0 Å². The van der Waals surface area contributed by atoms with Gasteiger partial charge in [-0.2, -0.15) is 15.0 Å². The molecule has 4 aliphatic carbocycles. The zero-order valence-corrected chi connectivity index (χ0v) is 21.1. The fourth-order valence-electron chi connectivity index (χ4n) is 9.13. The number of carbonyl (C=O) groups is 1. The van der Waals surface area contributed by atoms with Gasteiger partial charge in [0.05, 0.1) is 24.1 Å². The lowest BCUT2D eigenvalue weighted by molar-refractivity contribution is -0.175. The fourth-order valence-corrected chi connectivity index (χ4v) is 9.13. The number of nitrogens with zero attached hydrogens (tertiary/aromatic N) is 3. The van der Waals surface area contributed by atoms with Gasteiger partial charge < -0.3 is 9.84 Å². The van der Waals surface area contributed by atoms with Crippen LogP contribution in [0, 0.1) is 40.4 Å². The van der Waals surface area contributed by atoms with Crippen molar-refractivity contribution in [3.63, 3.8) is 0 Å². The third kappa shape index (κ3) is 3.80. The molecule has 0 aliphatic heterocycles. The molecule has 1 heterocycles. The minimum atomic E-state index is -0.527. The molecular weight excluding hydrogens is 414 g/mol. The van der Waals surface area contributed by atoms with Crippen molar-refractivity contribution in [2.45, 2.75) is 97.1 Å². The molecule has 1 aromatic rings. The molecule has 4 aliphatic rings. The van der Waals surface area contributed by atoms with Crippen LogP contribution in [0.5, 0.6) is 0 Å². The van der Waals surface area contributed by atoms with E-state index in [-0.39, 0.29) is 16.7 Å². The second kappa shape index (κ2) is 8.44. The Morgan fingerprint density at radius 1 is 1.15 bits per heavy atom. The van der Waals surface area contributed by atoms with Crippen LogP contribution < -0.4 is 0 Å². The zero-order valence-electron chi connectivity index (χ0n) is 21.1. The molecule has 1 aromatic heterocycles. The number of aliphatic hydroxyl groups is 1. The van der Waals surface area contributed by atoms with Crippen molar-refractivity contribution in [2.75, 3.05) is 13.7 Å². The largest absolute Gasteiger partial charge is 0.390 e. The first-order valence-corrected chi connectivity index (χ1v) is 13.4. The first-order valence-electron chi connectivity index (χ1n) is 13.4. The van der Waals surface area contributed by atoms with Crippen LogP contribution in [0.15, 0.2) is 6.20 Å². The van der Waals surface area contributed by atoms with Gasteiger partial charge in [0.2, 0.25) is 0 Å². The molecule has 0 aromatic carbocycles. The molecule has 0 unspecified atom stereocenters. The maximum Gasteiger partial charge on any atom is 0.159 e. The maximum atomic E-state index is 13.4. The van der Waals surface area contributed by atoms with Gasteiger partial charge in [-0.3, -0.25) is 4.79 Å². The molecule has 0 radical (unpaired) electrons. The van der Waals surface area contributed by atoms with Crippen LogP contribution >= 0.6 is 0 Å². The van der Waals surface area contributed by atoms with E-state index in [1.165, 1.54) is 25.7 Å². The summed E-state index contributed by atoms with van der Waals surface area (Å²) in [6, 6.07) is 0. The van der Waals surface area contributed by atoms with E-state index >= 15 is 0 Å². The fraction of sp³-hybridized carbons (Fsp3) is 0.889. The molecule has 6 heteroatoms. The van der Waals surface area contributed by atoms with Gasteiger partial charge in [-0.05, 0) is 106 Å². The zero-order chi connectivity index (χ0) is 23.4. The summed E-state index contributed by atoms with van der Waals surface area (Å²) in [5, 5.41) is 19.6. The molecule has 0 amide bonds. The molecule has 4 saturated carbocycles. The van der Waals surface area contributed by atoms with E-state index in [4.69, 9.17) is 4.74 Å². The first-order chi connectivity index (χ1) is 15.7. The monoisotopic (exact) mass is 457 g/mol. The molecule has 5 rings (SSSR count). The molecule has 6 nitrogen and oxygen atoms in total. The quantitative estimate of drug-likeness (QED) is 0.683. The second-order valence-electron chi connectivity index (χ2n) is 12.4. The molecule has 33 heavy (non-hydrogen) atoms. The lowest BCUT2D eigenvalue weighted by Gasteiger charge is -2.62. The number of aryl methyl sites for hydroxylation is 1. The number of methoxy groups -OCH3 is 1. The second-order valence-corrected chi connectivity index (χ2v) is 12.4. The first kappa shape index (κ1) is 23.5. The Balaban J connectivity index is 1.36. The van der Waals surface area contributed by atoms with Gasteiger partial charge in [0.1, 0.15) is 6.54 Å². The highest BCUT2D eigenvalue weighted by molar-refractivity contribution is 5.82. The van der Waals surface area contributed by atoms with Crippen molar-refractivity contribution in [1.29, 1.82) is 0 Å². The minimum Gasteiger partial charge on any atom is -0.390 e. The Kier molecular flexibility index (Phi) is 6.00. The number of hydrogen-bond acceptors (Lipinski definition) is 5. The predicted molar refractivity (Wildman–Crippen MR) is 126 cm³/mol. The number of ether oxygens (including phenoxy) is 1. The highest BCUT2D eigenvalue weighted by Crippen LogP contribution is 2.68. The Labute approximate surface area is 198 Å². The van der Waals surface area contributed by atoms with Crippen molar-refractivity contribution in [3.05, 3.63) is 11.9 Å². The molecule has 8 atom stereocenters. The summed E-state index contributed by atoms with van der Waals surface area (Å²) in [6.07, 6.45) is 12.5. The van der Waals surface area contributed by atoms with E-state index in [1.54, 1.807) is 11.0 Å². The molecule has 0 spiro atoms. The van der Waals surface area contributed by atoms with Crippen molar-refractivity contribution in [3.8, 4) is 0 Å². The summed E-state index contributed by atoms with van der Waals surface area (Å²) < 4.78 is 5.88. The Hall–Kier alpha value is -1.27. The van der Waals surface area contributed by atoms with Crippen molar-refractivity contribution in [2.24, 2.45) is 40.4 Å². The smallest absolute Gasteiger partial charge is 0.159 e. The summed E-state index contributed by atoms with van der Waals surface area (Å²) in [5.41, 5.74) is 0.727. The number of aromatic nitrogens is 3. The van der Waals surface area contributed by atoms with E-state index in [2.05, 4.69) is 24.0 Å². The Bertz CT molecular complexity index is 882. The van der Waals surface area contributed by atoms with Gasteiger partial charge in [0, 0.05) is 13.0 Å². The minimum absolute atomic E-state index is 0.0975. The average molecular weight is 458 g/mol. The maximum absolute atomic E-state index is 13.4. The van der Waals surface area contributed by atoms with E-state index < -0.39 is 5.60 Å². The summed E-state index contributed by atoms with van der Waals surface area (Å²) in [4.78, 5) is 15.1. The number of Topliss-reactive ketones (excluding diaryl/α,β-unsaturated/α-hetero) is 1. The van der Waals surface area contributed by atoms with Crippen LogP contribution in [0.25, 0.3) is 0 Å². The molecule has 0 bridgehead atoms. The van der Waals surface area contributed by atoms with Gasteiger partial charge in [0.25, 0.3) is 0 Å². The number of carbonyl (C=O) groups excluding carboxylic acids is 1. The average Bonchev–Trinajstić information content (AvgIpc) is 3.37. The summed E-state index contributed by atoms with van der Waals surface area (Å²) in [7, 11) is 1.85. The number of hydrogen-bond donors (Lipinski definition) is 1. The Morgan fingerprint density at radius 2 is 1.97 bits per heavy atom. The van der Waals surface area contributed by atoms with Crippen LogP contribution in [-0.4, -0.2) is 45.2 Å². The number of rotatable bonds is 6. The van der Waals surface area contributed by atoms with Gasteiger partial charge in [-0.15, -0.1) is 0 Å². The molecular formula is C27H43N3O3. The van der Waals surface area contributed by atoms with Crippen LogP contribution in [0.3, 0.4) is 0 Å². The van der Waals surface area contributed by atoms with Crippen molar-refractivity contribution in [1.82, 2.24) is 15.0 Å². The van der Waals surface area contributed by atoms with Gasteiger partial charge in [0.15, 0.2) is 5.78 Å². The van der Waals surface area contributed by atoms with Crippen molar-refractivity contribution < 1.29 is 14.6 Å². The van der Waals surface area contributed by atoms with Gasteiger partial charge in [-0.25, -0.2) is 0 Å². The summed E-state index contributed by atoms with van der Waals surface area (Å²) >= 11 is 0. The van der Waals surface area contributed by atoms with Gasteiger partial charge >= 0.3 is 0 Å².